The number of nitrogens with one attached hydrogen (secondary N) is 2. The van der Waals surface area contributed by atoms with E-state index in [1.54, 1.807) is 0 Å². The van der Waals surface area contributed by atoms with Crippen molar-refractivity contribution in [3.63, 3.8) is 0 Å². The van der Waals surface area contributed by atoms with Crippen molar-refractivity contribution in [2.45, 2.75) is 52.9 Å². The molecule has 2 N–H and O–H groups in total. The van der Waals surface area contributed by atoms with Crippen LogP contribution in [0, 0.1) is 26.7 Å². The van der Waals surface area contributed by atoms with Crippen LogP contribution in [0.4, 0.5) is 0 Å². The lowest BCUT2D eigenvalue weighted by Crippen LogP contribution is -2.35. The molecule has 1 fully saturated rings. The van der Waals surface area contributed by atoms with E-state index in [4.69, 9.17) is 4.84 Å². The first-order chi connectivity index (χ1) is 11.5. The first kappa shape index (κ1) is 18.5. The molecule has 0 radical (unpaired) electrons. The Labute approximate surface area is 144 Å². The van der Waals surface area contributed by atoms with Crippen molar-refractivity contribution in [2.75, 3.05) is 13.2 Å². The average Bonchev–Trinajstić information content (AvgIpc) is 3.04. The summed E-state index contributed by atoms with van der Waals surface area (Å²) in [6, 6.07) is 4.32. The number of hydrogen-bond acceptors (Lipinski definition) is 3. The minimum absolute atomic E-state index is 0.0422. The van der Waals surface area contributed by atoms with E-state index in [9.17, 15) is 9.59 Å². The molecular formula is C19H28N2O3. The number of carbonyl (C=O) groups excluding carboxylic acids is 2. The largest absolute Gasteiger partial charge is 0.354 e. The standard InChI is InChI=1S/C19H28N2O3/c1-13-10-14(2)17(15(3)11-13)8-9-20-18(22)12-24-21-19(23)16-6-4-5-7-16/h10-11,16H,4-9,12H2,1-3H3,(H,20,22)(H,21,23). The van der Waals surface area contributed by atoms with Gasteiger partial charge in [-0.3, -0.25) is 14.4 Å². The fourth-order valence-electron chi connectivity index (χ4n) is 3.43. The highest BCUT2D eigenvalue weighted by atomic mass is 16.7. The lowest BCUT2D eigenvalue weighted by atomic mass is 9.97. The van der Waals surface area contributed by atoms with Crippen LogP contribution in [-0.2, 0) is 20.8 Å². The van der Waals surface area contributed by atoms with Gasteiger partial charge in [0.05, 0.1) is 0 Å². The van der Waals surface area contributed by atoms with Crippen LogP contribution in [0.5, 0.6) is 0 Å². The highest BCUT2D eigenvalue weighted by molar-refractivity contribution is 5.79. The van der Waals surface area contributed by atoms with E-state index in [0.29, 0.717) is 6.54 Å². The molecule has 0 unspecified atom stereocenters. The Morgan fingerprint density at radius 1 is 1.12 bits per heavy atom. The molecule has 1 aromatic rings. The molecule has 0 spiro atoms. The smallest absolute Gasteiger partial charge is 0.248 e. The highest BCUT2D eigenvalue weighted by Crippen LogP contribution is 2.24. The number of hydroxylamine groups is 1. The van der Waals surface area contributed by atoms with E-state index in [2.05, 4.69) is 43.7 Å². The molecule has 0 heterocycles. The molecule has 0 aliphatic heterocycles. The summed E-state index contributed by atoms with van der Waals surface area (Å²) in [5, 5.41) is 2.83. The van der Waals surface area contributed by atoms with Crippen LogP contribution < -0.4 is 10.8 Å². The lowest BCUT2D eigenvalue weighted by Gasteiger charge is -2.13. The summed E-state index contributed by atoms with van der Waals surface area (Å²) in [4.78, 5) is 28.6. The number of amides is 2. The summed E-state index contributed by atoms with van der Waals surface area (Å²) < 4.78 is 0. The summed E-state index contributed by atoms with van der Waals surface area (Å²) in [6.45, 7) is 6.69. The molecule has 1 aromatic carbocycles. The molecule has 5 heteroatoms. The second kappa shape index (κ2) is 8.83. The van der Waals surface area contributed by atoms with E-state index < -0.39 is 0 Å². The quantitative estimate of drug-likeness (QED) is 0.754. The molecule has 0 atom stereocenters. The Kier molecular flexibility index (Phi) is 6.79. The fourth-order valence-corrected chi connectivity index (χ4v) is 3.43. The minimum atomic E-state index is -0.218. The van der Waals surface area contributed by atoms with Gasteiger partial charge < -0.3 is 5.32 Å². The second-order valence-electron chi connectivity index (χ2n) is 6.71. The molecule has 2 rings (SSSR count). The molecule has 24 heavy (non-hydrogen) atoms. The van der Waals surface area contributed by atoms with Crippen molar-refractivity contribution >= 4 is 11.8 Å². The number of carbonyl (C=O) groups is 2. The van der Waals surface area contributed by atoms with Gasteiger partial charge in [0.1, 0.15) is 0 Å². The van der Waals surface area contributed by atoms with Crippen molar-refractivity contribution in [3.8, 4) is 0 Å². The van der Waals surface area contributed by atoms with Crippen molar-refractivity contribution < 1.29 is 14.4 Å². The van der Waals surface area contributed by atoms with Gasteiger partial charge in [-0.2, -0.15) is 0 Å². The molecule has 132 valence electrons. The van der Waals surface area contributed by atoms with Crippen molar-refractivity contribution in [1.82, 2.24) is 10.8 Å². The Hall–Kier alpha value is -1.88. The predicted octanol–water partition coefficient (Wildman–Crippen LogP) is 2.51. The second-order valence-corrected chi connectivity index (χ2v) is 6.71. The zero-order valence-corrected chi connectivity index (χ0v) is 14.9. The summed E-state index contributed by atoms with van der Waals surface area (Å²) in [5.41, 5.74) is 7.42. The SMILES string of the molecule is Cc1cc(C)c(CCNC(=O)CONC(=O)C2CCCC2)c(C)c1. The molecule has 5 nitrogen and oxygen atoms in total. The molecule has 0 bridgehead atoms. The van der Waals surface area contributed by atoms with Gasteiger partial charge >= 0.3 is 0 Å². The van der Waals surface area contributed by atoms with E-state index in [0.717, 1.165) is 32.1 Å². The van der Waals surface area contributed by atoms with Gasteiger partial charge in [0.15, 0.2) is 6.61 Å². The maximum atomic E-state index is 11.8. The number of benzene rings is 1. The van der Waals surface area contributed by atoms with Gasteiger partial charge in [0.25, 0.3) is 0 Å². The lowest BCUT2D eigenvalue weighted by molar-refractivity contribution is -0.142. The van der Waals surface area contributed by atoms with Crippen molar-refractivity contribution in [2.24, 2.45) is 5.92 Å². The molecule has 2 amide bonds. The third kappa shape index (κ3) is 5.34. The van der Waals surface area contributed by atoms with Crippen LogP contribution in [0.15, 0.2) is 12.1 Å². The number of aryl methyl sites for hydroxylation is 3. The Bertz CT molecular complexity index is 569. The molecule has 1 aliphatic carbocycles. The minimum Gasteiger partial charge on any atom is -0.354 e. The topological polar surface area (TPSA) is 67.4 Å². The molecule has 0 aromatic heterocycles. The maximum Gasteiger partial charge on any atom is 0.248 e. The molecule has 0 saturated heterocycles. The first-order valence-electron chi connectivity index (χ1n) is 8.72. The fraction of sp³-hybridized carbons (Fsp3) is 0.579. The predicted molar refractivity (Wildman–Crippen MR) is 93.4 cm³/mol. The summed E-state index contributed by atoms with van der Waals surface area (Å²) in [6.07, 6.45) is 4.80. The van der Waals surface area contributed by atoms with Crippen LogP contribution in [0.2, 0.25) is 0 Å². The zero-order valence-electron chi connectivity index (χ0n) is 14.9. The third-order valence-electron chi connectivity index (χ3n) is 4.64. The van der Waals surface area contributed by atoms with Crippen LogP contribution in [0.3, 0.4) is 0 Å². The Morgan fingerprint density at radius 3 is 2.38 bits per heavy atom. The summed E-state index contributed by atoms with van der Waals surface area (Å²) >= 11 is 0. The van der Waals surface area contributed by atoms with Gasteiger partial charge in [-0.15, -0.1) is 0 Å². The average molecular weight is 332 g/mol. The van der Waals surface area contributed by atoms with Crippen molar-refractivity contribution in [3.05, 3.63) is 34.4 Å². The molecular weight excluding hydrogens is 304 g/mol. The van der Waals surface area contributed by atoms with Gasteiger partial charge in [-0.1, -0.05) is 30.5 Å². The van der Waals surface area contributed by atoms with Crippen LogP contribution in [0.25, 0.3) is 0 Å². The van der Waals surface area contributed by atoms with Crippen LogP contribution in [-0.4, -0.2) is 25.0 Å². The van der Waals surface area contributed by atoms with Gasteiger partial charge in [-0.05, 0) is 56.7 Å². The normalized spacial score (nSPS) is 14.6. The van der Waals surface area contributed by atoms with Gasteiger partial charge in [0, 0.05) is 12.5 Å². The Morgan fingerprint density at radius 2 is 1.75 bits per heavy atom. The summed E-state index contributed by atoms with van der Waals surface area (Å²) in [7, 11) is 0. The van der Waals surface area contributed by atoms with E-state index >= 15 is 0 Å². The Balaban J connectivity index is 1.65. The summed E-state index contributed by atoms with van der Waals surface area (Å²) in [5.74, 6) is -0.282. The molecule has 1 aliphatic rings. The number of rotatable bonds is 7. The molecule has 1 saturated carbocycles. The van der Waals surface area contributed by atoms with E-state index in [-0.39, 0.29) is 24.3 Å². The first-order valence-corrected chi connectivity index (χ1v) is 8.72. The monoisotopic (exact) mass is 332 g/mol. The van der Waals surface area contributed by atoms with Crippen molar-refractivity contribution in [1.29, 1.82) is 0 Å². The van der Waals surface area contributed by atoms with E-state index in [1.807, 2.05) is 0 Å². The highest BCUT2D eigenvalue weighted by Gasteiger charge is 2.22. The third-order valence-corrected chi connectivity index (χ3v) is 4.64. The van der Waals surface area contributed by atoms with E-state index in [1.165, 1.54) is 22.3 Å². The number of hydrogen-bond donors (Lipinski definition) is 2. The van der Waals surface area contributed by atoms with Crippen LogP contribution >= 0.6 is 0 Å². The van der Waals surface area contributed by atoms with Gasteiger partial charge in [-0.25, -0.2) is 5.48 Å². The maximum absolute atomic E-state index is 11.8. The van der Waals surface area contributed by atoms with Gasteiger partial charge in [0.2, 0.25) is 11.8 Å². The van der Waals surface area contributed by atoms with Crippen LogP contribution in [0.1, 0.15) is 47.9 Å². The zero-order chi connectivity index (χ0) is 17.5.